The lowest BCUT2D eigenvalue weighted by atomic mass is 9.87. The molecule has 2 aliphatic rings. The zero-order chi connectivity index (χ0) is 17.7. The summed E-state index contributed by atoms with van der Waals surface area (Å²) in [5, 5.41) is 6.43. The van der Waals surface area contributed by atoms with Crippen LogP contribution in [0.4, 0.5) is 0 Å². The Morgan fingerprint density at radius 1 is 1.08 bits per heavy atom. The molecule has 2 aromatic carbocycles. The van der Waals surface area contributed by atoms with Crippen molar-refractivity contribution in [3.05, 3.63) is 59.5 Å². The van der Waals surface area contributed by atoms with Crippen LogP contribution in [0.1, 0.15) is 23.2 Å². The molecule has 0 atom stereocenters. The summed E-state index contributed by atoms with van der Waals surface area (Å²) in [6, 6.07) is 16.2. The third-order valence-electron chi connectivity index (χ3n) is 5.43. The van der Waals surface area contributed by atoms with Crippen molar-refractivity contribution in [3.8, 4) is 11.1 Å². The number of hydrogen-bond donors (Lipinski definition) is 1. The quantitative estimate of drug-likeness (QED) is 0.756. The maximum absolute atomic E-state index is 12.7. The van der Waals surface area contributed by atoms with Crippen LogP contribution in [0.3, 0.4) is 0 Å². The summed E-state index contributed by atoms with van der Waals surface area (Å²) in [6.07, 6.45) is 1.41. The minimum atomic E-state index is -0.164. The Morgan fingerprint density at radius 2 is 1.85 bits per heavy atom. The van der Waals surface area contributed by atoms with Crippen LogP contribution in [0.5, 0.6) is 0 Å². The van der Waals surface area contributed by atoms with Crippen molar-refractivity contribution in [1.82, 2.24) is 10.2 Å². The first kappa shape index (κ1) is 15.6. The summed E-state index contributed by atoms with van der Waals surface area (Å²) in [4.78, 5) is 25.9. The topological polar surface area (TPSA) is 49.4 Å². The number of benzene rings is 2. The fourth-order valence-electron chi connectivity index (χ4n) is 4.02. The summed E-state index contributed by atoms with van der Waals surface area (Å²) in [7, 11) is 0. The first-order valence-corrected chi connectivity index (χ1v) is 9.69. The maximum atomic E-state index is 12.7. The Bertz CT molecular complexity index is 1020. The van der Waals surface area contributed by atoms with Gasteiger partial charge in [0.1, 0.15) is 0 Å². The Hall–Kier alpha value is -2.66. The molecule has 5 rings (SSSR count). The molecule has 2 aliphatic heterocycles. The van der Waals surface area contributed by atoms with Gasteiger partial charge >= 0.3 is 0 Å². The molecule has 0 unspecified atom stereocenters. The van der Waals surface area contributed by atoms with Crippen LogP contribution in [-0.2, 0) is 4.79 Å². The minimum absolute atomic E-state index is 0.0403. The van der Waals surface area contributed by atoms with Crippen molar-refractivity contribution in [2.24, 2.45) is 0 Å². The van der Waals surface area contributed by atoms with Gasteiger partial charge in [-0.2, -0.15) is 0 Å². The highest BCUT2D eigenvalue weighted by Gasteiger charge is 2.49. The molecular formula is C21H18N2O2S. The van der Waals surface area contributed by atoms with E-state index >= 15 is 0 Å². The number of likely N-dealkylation sites (tertiary alicyclic amines) is 1. The Labute approximate surface area is 155 Å². The van der Waals surface area contributed by atoms with Gasteiger partial charge in [-0.3, -0.25) is 9.59 Å². The standard InChI is InChI=1S/C21H18N2O2S/c24-19-9-10-21(22-19)12-23(13-21)20(25)15-7-5-14(6-8-15)17-11-26-18-4-2-1-3-16(17)18/h1-8,11H,9-10,12-13H2,(H,22,24). The van der Waals surface area contributed by atoms with Crippen LogP contribution in [-0.4, -0.2) is 35.3 Å². The molecule has 0 saturated carbocycles. The number of thiophene rings is 1. The molecule has 2 fully saturated rings. The molecule has 2 amide bonds. The van der Waals surface area contributed by atoms with E-state index in [1.54, 1.807) is 11.3 Å². The summed E-state index contributed by atoms with van der Waals surface area (Å²) in [6.45, 7) is 1.24. The monoisotopic (exact) mass is 362 g/mol. The number of amides is 2. The second kappa shape index (κ2) is 5.68. The molecule has 0 radical (unpaired) electrons. The third kappa shape index (κ3) is 2.42. The normalized spacial score (nSPS) is 18.2. The van der Waals surface area contributed by atoms with E-state index in [-0.39, 0.29) is 17.4 Å². The smallest absolute Gasteiger partial charge is 0.254 e. The average molecular weight is 362 g/mol. The van der Waals surface area contributed by atoms with E-state index in [4.69, 9.17) is 0 Å². The van der Waals surface area contributed by atoms with Crippen LogP contribution in [0.15, 0.2) is 53.9 Å². The highest BCUT2D eigenvalue weighted by atomic mass is 32.1. The molecule has 1 aromatic heterocycles. The molecule has 2 saturated heterocycles. The van der Waals surface area contributed by atoms with Gasteiger partial charge in [-0.25, -0.2) is 0 Å². The van der Waals surface area contributed by atoms with E-state index in [1.807, 2.05) is 29.2 Å². The van der Waals surface area contributed by atoms with Gasteiger partial charge in [0.15, 0.2) is 0 Å². The second-order valence-electron chi connectivity index (χ2n) is 7.21. The number of carbonyl (C=O) groups is 2. The zero-order valence-corrected chi connectivity index (χ0v) is 15.0. The van der Waals surface area contributed by atoms with E-state index < -0.39 is 0 Å². The fraction of sp³-hybridized carbons (Fsp3) is 0.238. The lowest BCUT2D eigenvalue weighted by Crippen LogP contribution is -2.68. The second-order valence-corrected chi connectivity index (χ2v) is 8.12. The lowest BCUT2D eigenvalue weighted by molar-refractivity contribution is -0.120. The number of hydrogen-bond acceptors (Lipinski definition) is 3. The van der Waals surface area contributed by atoms with Gasteiger partial charge in [0.05, 0.1) is 5.54 Å². The fourth-order valence-corrected chi connectivity index (χ4v) is 4.98. The number of fused-ring (bicyclic) bond motifs is 1. The zero-order valence-electron chi connectivity index (χ0n) is 14.2. The Balaban J connectivity index is 1.34. The summed E-state index contributed by atoms with van der Waals surface area (Å²) in [5.74, 6) is 0.142. The predicted molar refractivity (Wildman–Crippen MR) is 103 cm³/mol. The summed E-state index contributed by atoms with van der Waals surface area (Å²) in [5.41, 5.74) is 2.87. The maximum Gasteiger partial charge on any atom is 0.254 e. The summed E-state index contributed by atoms with van der Waals surface area (Å²) < 4.78 is 1.27. The molecule has 3 aromatic rings. The van der Waals surface area contributed by atoms with Crippen molar-refractivity contribution >= 4 is 33.2 Å². The average Bonchev–Trinajstić information content (AvgIpc) is 3.24. The molecule has 4 nitrogen and oxygen atoms in total. The first-order valence-electron chi connectivity index (χ1n) is 8.81. The number of nitrogens with zero attached hydrogens (tertiary/aromatic N) is 1. The van der Waals surface area contributed by atoms with Crippen molar-refractivity contribution in [1.29, 1.82) is 0 Å². The molecule has 26 heavy (non-hydrogen) atoms. The summed E-state index contributed by atoms with van der Waals surface area (Å²) >= 11 is 1.74. The number of rotatable bonds is 2. The van der Waals surface area contributed by atoms with Crippen molar-refractivity contribution < 1.29 is 9.59 Å². The molecule has 3 heterocycles. The predicted octanol–water partition coefficient (Wildman–Crippen LogP) is 3.67. The van der Waals surface area contributed by atoms with E-state index in [9.17, 15) is 9.59 Å². The van der Waals surface area contributed by atoms with Gasteiger partial charge in [0.25, 0.3) is 5.91 Å². The molecule has 1 N–H and O–H groups in total. The van der Waals surface area contributed by atoms with E-state index in [1.165, 1.54) is 15.6 Å². The molecule has 5 heteroatoms. The van der Waals surface area contributed by atoms with Gasteiger partial charge in [-0.05, 0) is 35.6 Å². The van der Waals surface area contributed by atoms with Crippen molar-refractivity contribution in [3.63, 3.8) is 0 Å². The number of nitrogens with one attached hydrogen (secondary N) is 1. The highest BCUT2D eigenvalue weighted by Crippen LogP contribution is 2.35. The molecule has 130 valence electrons. The third-order valence-corrected chi connectivity index (χ3v) is 6.40. The van der Waals surface area contributed by atoms with Crippen LogP contribution >= 0.6 is 11.3 Å². The van der Waals surface area contributed by atoms with Gasteiger partial charge in [-0.15, -0.1) is 11.3 Å². The molecule has 0 aliphatic carbocycles. The first-order chi connectivity index (χ1) is 12.6. The van der Waals surface area contributed by atoms with E-state index in [0.29, 0.717) is 25.1 Å². The van der Waals surface area contributed by atoms with Crippen LogP contribution in [0.25, 0.3) is 21.2 Å². The van der Waals surface area contributed by atoms with E-state index in [2.05, 4.69) is 35.0 Å². The van der Waals surface area contributed by atoms with Crippen molar-refractivity contribution in [2.45, 2.75) is 18.4 Å². The minimum Gasteiger partial charge on any atom is -0.347 e. The van der Waals surface area contributed by atoms with Gasteiger partial charge in [0, 0.05) is 40.7 Å². The van der Waals surface area contributed by atoms with Gasteiger partial charge in [-0.1, -0.05) is 30.3 Å². The van der Waals surface area contributed by atoms with Crippen LogP contribution in [0, 0.1) is 0 Å². The van der Waals surface area contributed by atoms with E-state index in [0.717, 1.165) is 12.0 Å². The van der Waals surface area contributed by atoms with Gasteiger partial charge in [0.2, 0.25) is 5.91 Å². The largest absolute Gasteiger partial charge is 0.347 e. The molecule has 1 spiro atoms. The lowest BCUT2D eigenvalue weighted by Gasteiger charge is -2.47. The van der Waals surface area contributed by atoms with Gasteiger partial charge < -0.3 is 10.2 Å². The van der Waals surface area contributed by atoms with Crippen molar-refractivity contribution in [2.75, 3.05) is 13.1 Å². The number of carbonyl (C=O) groups excluding carboxylic acids is 2. The SMILES string of the molecule is O=C1CCC2(CN(C(=O)c3ccc(-c4csc5ccccc45)cc3)C2)N1. The Morgan fingerprint density at radius 3 is 2.58 bits per heavy atom. The van der Waals surface area contributed by atoms with Crippen LogP contribution in [0.2, 0.25) is 0 Å². The Kier molecular flexibility index (Phi) is 3.40. The highest BCUT2D eigenvalue weighted by molar-refractivity contribution is 7.17. The molecular weight excluding hydrogens is 344 g/mol. The van der Waals surface area contributed by atoms with Crippen LogP contribution < -0.4 is 5.32 Å². The molecule has 0 bridgehead atoms.